The van der Waals surface area contributed by atoms with Gasteiger partial charge in [-0.25, -0.2) is 8.42 Å². The highest BCUT2D eigenvalue weighted by atomic mass is 35.5. The van der Waals surface area contributed by atoms with Crippen LogP contribution in [0.15, 0.2) is 41.3 Å². The third-order valence-electron chi connectivity index (χ3n) is 2.98. The number of anilines is 2. The lowest BCUT2D eigenvalue weighted by Gasteiger charge is -2.13. The van der Waals surface area contributed by atoms with E-state index >= 15 is 0 Å². The fraction of sp³-hybridized carbons (Fsp3) is 0.143. The number of sulfonamides is 1. The molecule has 0 saturated heterocycles. The van der Waals surface area contributed by atoms with Crippen LogP contribution in [0.25, 0.3) is 0 Å². The van der Waals surface area contributed by atoms with Gasteiger partial charge >= 0.3 is 0 Å². The van der Waals surface area contributed by atoms with Crippen molar-refractivity contribution in [3.8, 4) is 0 Å². The summed E-state index contributed by atoms with van der Waals surface area (Å²) in [6, 6.07) is 9.75. The van der Waals surface area contributed by atoms with Gasteiger partial charge in [0.05, 0.1) is 10.7 Å². The fourth-order valence-corrected chi connectivity index (χ4v) is 3.45. The highest BCUT2D eigenvalue weighted by Crippen LogP contribution is 2.27. The lowest BCUT2D eigenvalue weighted by atomic mass is 10.1. The van der Waals surface area contributed by atoms with Crippen molar-refractivity contribution in [1.29, 1.82) is 0 Å². The van der Waals surface area contributed by atoms with Crippen molar-refractivity contribution >= 4 is 33.0 Å². The van der Waals surface area contributed by atoms with Gasteiger partial charge in [0.25, 0.3) is 10.0 Å². The van der Waals surface area contributed by atoms with E-state index in [-0.39, 0.29) is 9.92 Å². The zero-order valence-electron chi connectivity index (χ0n) is 11.1. The molecule has 2 aromatic carbocycles. The summed E-state index contributed by atoms with van der Waals surface area (Å²) in [5.41, 5.74) is 8.48. The van der Waals surface area contributed by atoms with Crippen LogP contribution in [0.5, 0.6) is 0 Å². The summed E-state index contributed by atoms with van der Waals surface area (Å²) in [5, 5.41) is 0.185. The summed E-state index contributed by atoms with van der Waals surface area (Å²) in [7, 11) is -3.72. The van der Waals surface area contributed by atoms with Gasteiger partial charge in [-0.05, 0) is 49.2 Å². The van der Waals surface area contributed by atoms with Gasteiger partial charge in [-0.3, -0.25) is 4.72 Å². The fourth-order valence-electron chi connectivity index (χ4n) is 1.81. The molecule has 0 aliphatic rings. The quantitative estimate of drug-likeness (QED) is 0.854. The van der Waals surface area contributed by atoms with Crippen LogP contribution >= 0.6 is 11.6 Å². The van der Waals surface area contributed by atoms with Gasteiger partial charge in [0, 0.05) is 5.69 Å². The molecule has 0 amide bonds. The van der Waals surface area contributed by atoms with Crippen LogP contribution in [0.3, 0.4) is 0 Å². The number of aryl methyl sites for hydroxylation is 2. The minimum atomic E-state index is -3.72. The Hall–Kier alpha value is -1.72. The van der Waals surface area contributed by atoms with Gasteiger partial charge < -0.3 is 5.73 Å². The second-order valence-corrected chi connectivity index (χ2v) is 6.62. The van der Waals surface area contributed by atoms with Crippen LogP contribution in [0.1, 0.15) is 11.1 Å². The smallest absolute Gasteiger partial charge is 0.263 e. The first-order valence-electron chi connectivity index (χ1n) is 5.95. The molecule has 0 saturated carbocycles. The number of rotatable bonds is 3. The van der Waals surface area contributed by atoms with Crippen molar-refractivity contribution in [3.05, 3.63) is 52.5 Å². The van der Waals surface area contributed by atoms with Crippen molar-refractivity contribution < 1.29 is 8.42 Å². The Bertz CT molecular complexity index is 758. The van der Waals surface area contributed by atoms with Crippen molar-refractivity contribution in [3.63, 3.8) is 0 Å². The van der Waals surface area contributed by atoms with E-state index in [0.29, 0.717) is 11.4 Å². The Morgan fingerprint density at radius 1 is 1.10 bits per heavy atom. The molecule has 0 bridgehead atoms. The van der Waals surface area contributed by atoms with Gasteiger partial charge in [-0.1, -0.05) is 23.7 Å². The third-order valence-corrected chi connectivity index (χ3v) is 4.85. The minimum absolute atomic E-state index is 0.0514. The second-order valence-electron chi connectivity index (χ2n) is 4.56. The van der Waals surface area contributed by atoms with Crippen LogP contribution in [0.4, 0.5) is 11.4 Å². The summed E-state index contributed by atoms with van der Waals surface area (Å²) < 4.78 is 27.2. The average molecular weight is 311 g/mol. The van der Waals surface area contributed by atoms with Crippen molar-refractivity contribution in [2.45, 2.75) is 18.7 Å². The predicted octanol–water partition coefficient (Wildman–Crippen LogP) is 3.34. The predicted molar refractivity (Wildman–Crippen MR) is 82.6 cm³/mol. The molecule has 0 aliphatic carbocycles. The van der Waals surface area contributed by atoms with Crippen LogP contribution in [-0.2, 0) is 10.0 Å². The molecule has 0 radical (unpaired) electrons. The van der Waals surface area contributed by atoms with Crippen molar-refractivity contribution in [1.82, 2.24) is 0 Å². The first-order valence-corrected chi connectivity index (χ1v) is 7.81. The maximum atomic E-state index is 12.3. The molecule has 20 heavy (non-hydrogen) atoms. The summed E-state index contributed by atoms with van der Waals surface area (Å²) in [4.78, 5) is 0.0514. The molecule has 106 valence electrons. The normalized spacial score (nSPS) is 11.3. The number of nitrogens with two attached hydrogens (primary N) is 1. The monoisotopic (exact) mass is 310 g/mol. The Kier molecular flexibility index (Phi) is 3.92. The topological polar surface area (TPSA) is 72.2 Å². The van der Waals surface area contributed by atoms with Crippen molar-refractivity contribution in [2.75, 3.05) is 10.5 Å². The summed E-state index contributed by atoms with van der Waals surface area (Å²) in [6.45, 7) is 3.61. The van der Waals surface area contributed by atoms with E-state index in [1.165, 1.54) is 12.1 Å². The minimum Gasteiger partial charge on any atom is -0.399 e. The second kappa shape index (κ2) is 5.34. The van der Waals surface area contributed by atoms with Gasteiger partial charge in [0.1, 0.15) is 4.90 Å². The molecule has 0 aliphatic heterocycles. The van der Waals surface area contributed by atoms with Crippen LogP contribution in [0, 0.1) is 13.8 Å². The Labute approximate surface area is 123 Å². The highest BCUT2D eigenvalue weighted by Gasteiger charge is 2.18. The molecule has 2 rings (SSSR count). The molecule has 0 heterocycles. The van der Waals surface area contributed by atoms with E-state index in [0.717, 1.165) is 11.1 Å². The SMILES string of the molecule is Cc1cc(NS(=O)(=O)c2ccccc2Cl)c(C)cc1N. The first kappa shape index (κ1) is 14.7. The van der Waals surface area contributed by atoms with Gasteiger partial charge in [-0.15, -0.1) is 0 Å². The highest BCUT2D eigenvalue weighted by molar-refractivity contribution is 7.92. The Morgan fingerprint density at radius 2 is 1.75 bits per heavy atom. The molecule has 4 nitrogen and oxygen atoms in total. The lowest BCUT2D eigenvalue weighted by Crippen LogP contribution is -2.14. The molecule has 0 atom stereocenters. The molecule has 0 spiro atoms. The standard InChI is InChI=1S/C14H15ClN2O2S/c1-9-8-13(10(2)7-12(9)16)17-20(18,19)14-6-4-3-5-11(14)15/h3-8,17H,16H2,1-2H3. The zero-order chi connectivity index (χ0) is 14.9. The Balaban J connectivity index is 2.44. The number of nitrogens with one attached hydrogen (secondary N) is 1. The molecule has 2 aromatic rings. The van der Waals surface area contributed by atoms with Crippen molar-refractivity contribution in [2.24, 2.45) is 0 Å². The third kappa shape index (κ3) is 2.89. The van der Waals surface area contributed by atoms with E-state index in [9.17, 15) is 8.42 Å². The molecular formula is C14H15ClN2O2S. The van der Waals surface area contributed by atoms with E-state index in [1.54, 1.807) is 31.2 Å². The molecular weight excluding hydrogens is 296 g/mol. The van der Waals surface area contributed by atoms with Crippen LogP contribution in [0.2, 0.25) is 5.02 Å². The number of benzene rings is 2. The number of nitrogen functional groups attached to an aromatic ring is 1. The summed E-state index contributed by atoms with van der Waals surface area (Å²) >= 11 is 5.93. The summed E-state index contributed by atoms with van der Waals surface area (Å²) in [5.74, 6) is 0. The zero-order valence-corrected chi connectivity index (χ0v) is 12.7. The van der Waals surface area contributed by atoms with Crippen LogP contribution < -0.4 is 10.5 Å². The van der Waals surface area contributed by atoms with Gasteiger partial charge in [0.15, 0.2) is 0 Å². The molecule has 3 N–H and O–H groups in total. The van der Waals surface area contributed by atoms with E-state index in [2.05, 4.69) is 4.72 Å². The molecule has 0 fully saturated rings. The maximum Gasteiger partial charge on any atom is 0.263 e. The van der Waals surface area contributed by atoms with Crippen LogP contribution in [-0.4, -0.2) is 8.42 Å². The number of hydrogen-bond acceptors (Lipinski definition) is 3. The Morgan fingerprint density at radius 3 is 2.40 bits per heavy atom. The molecule has 0 aromatic heterocycles. The molecule has 0 unspecified atom stereocenters. The average Bonchev–Trinajstić information content (AvgIpc) is 2.36. The van der Waals surface area contributed by atoms with Gasteiger partial charge in [0.2, 0.25) is 0 Å². The lowest BCUT2D eigenvalue weighted by molar-refractivity contribution is 0.601. The molecule has 6 heteroatoms. The first-order chi connectivity index (χ1) is 9.31. The largest absolute Gasteiger partial charge is 0.399 e. The van der Waals surface area contributed by atoms with E-state index in [4.69, 9.17) is 17.3 Å². The van der Waals surface area contributed by atoms with E-state index < -0.39 is 10.0 Å². The number of halogens is 1. The van der Waals surface area contributed by atoms with E-state index in [1.807, 2.05) is 6.92 Å². The maximum absolute atomic E-state index is 12.3. The summed E-state index contributed by atoms with van der Waals surface area (Å²) in [6.07, 6.45) is 0. The van der Waals surface area contributed by atoms with Gasteiger partial charge in [-0.2, -0.15) is 0 Å². The number of hydrogen-bond donors (Lipinski definition) is 2.